The van der Waals surface area contributed by atoms with E-state index in [0.29, 0.717) is 0 Å². The third kappa shape index (κ3) is 3.57. The lowest BCUT2D eigenvalue weighted by Crippen LogP contribution is -2.11. The van der Waals surface area contributed by atoms with Crippen LogP contribution in [0.1, 0.15) is 11.3 Å². The average Bonchev–Trinajstić information content (AvgIpc) is 2.71. The van der Waals surface area contributed by atoms with E-state index in [1.54, 1.807) is 0 Å². The minimum atomic E-state index is -1.11. The molecule has 0 saturated carbocycles. The second-order valence-electron chi connectivity index (χ2n) is 5.05. The van der Waals surface area contributed by atoms with E-state index in [-0.39, 0.29) is 0 Å². The largest absolute Gasteiger partial charge is 0.546 e. The fourth-order valence-electron chi connectivity index (χ4n) is 2.01. The van der Waals surface area contributed by atoms with Gasteiger partial charge in [-0.25, -0.2) is 0 Å². The number of rotatable bonds is 5. The first-order valence-electron chi connectivity index (χ1n) is 6.83. The minimum Gasteiger partial charge on any atom is -0.546 e. The monoisotopic (exact) mass is 287 g/mol. The fraction of sp³-hybridized carbons (Fsp3) is 0.333. The van der Waals surface area contributed by atoms with Crippen LogP contribution >= 0.6 is 0 Å². The molecule has 0 fully saturated rings. The Balaban J connectivity index is 2.12. The number of benzene rings is 1. The molecule has 0 bridgehead atoms. The van der Waals surface area contributed by atoms with Crippen molar-refractivity contribution in [1.82, 2.24) is 9.78 Å². The summed E-state index contributed by atoms with van der Waals surface area (Å²) in [4.78, 5) is 4.55. The van der Waals surface area contributed by atoms with Crippen LogP contribution in [-0.2, 0) is 13.5 Å². The number of aryl methyl sites for hydroxylation is 2. The maximum Gasteiger partial charge on any atom is 0.229 e. The number of nitrogens with zero attached hydrogens (tertiary/aromatic N) is 3. The highest BCUT2D eigenvalue weighted by Gasteiger charge is 2.05. The molecule has 5 heteroatoms. The Morgan fingerprint density at radius 3 is 2.75 bits per heavy atom. The third-order valence-electron chi connectivity index (χ3n) is 3.01. The molecule has 20 heavy (non-hydrogen) atoms. The molecule has 0 amide bonds. The molecule has 2 rings (SSSR count). The number of hydrogen-bond donors (Lipinski definition) is 0. The van der Waals surface area contributed by atoms with Crippen LogP contribution in [0.5, 0.6) is 5.75 Å². The first-order valence-corrected chi connectivity index (χ1v) is 9.61. The molecule has 0 N–H and O–H groups in total. The summed E-state index contributed by atoms with van der Waals surface area (Å²) in [6, 6.07) is 7.93. The molecule has 4 nitrogen and oxygen atoms in total. The minimum absolute atomic E-state index is 0.774. The van der Waals surface area contributed by atoms with Gasteiger partial charge in [-0.3, -0.25) is 9.67 Å². The van der Waals surface area contributed by atoms with Gasteiger partial charge in [-0.15, -0.1) is 0 Å². The lowest BCUT2D eigenvalue weighted by atomic mass is 10.2. The van der Waals surface area contributed by atoms with Crippen LogP contribution in [0.3, 0.4) is 0 Å². The van der Waals surface area contributed by atoms with Crippen molar-refractivity contribution in [3.05, 3.63) is 41.7 Å². The summed E-state index contributed by atoms with van der Waals surface area (Å²) < 4.78 is 7.78. The van der Waals surface area contributed by atoms with E-state index in [2.05, 4.69) is 30.1 Å². The van der Waals surface area contributed by atoms with Crippen molar-refractivity contribution < 1.29 is 4.43 Å². The van der Waals surface area contributed by atoms with Gasteiger partial charge in [-0.2, -0.15) is 5.10 Å². The highest BCUT2D eigenvalue weighted by molar-refractivity contribution is 6.49. The van der Waals surface area contributed by atoms with Crippen LogP contribution in [0.4, 0.5) is 5.69 Å². The molecule has 2 aromatic rings. The maximum absolute atomic E-state index is 5.89. The predicted octanol–water partition coefficient (Wildman–Crippen LogP) is 3.04. The molecule has 0 aliphatic heterocycles. The Bertz CT molecular complexity index is 585. The van der Waals surface area contributed by atoms with Gasteiger partial charge in [-0.1, -0.05) is 12.1 Å². The second kappa shape index (κ2) is 6.52. The van der Waals surface area contributed by atoms with Gasteiger partial charge >= 0.3 is 0 Å². The van der Waals surface area contributed by atoms with E-state index < -0.39 is 9.04 Å². The number of hydrogen-bond acceptors (Lipinski definition) is 3. The van der Waals surface area contributed by atoms with Crippen molar-refractivity contribution in [3.8, 4) is 5.75 Å². The molecule has 0 spiro atoms. The molecule has 1 aromatic heterocycles. The Morgan fingerprint density at radius 2 is 2.10 bits per heavy atom. The quantitative estimate of drug-likeness (QED) is 0.626. The zero-order valence-corrected chi connectivity index (χ0v) is 13.7. The molecule has 0 aliphatic carbocycles. The van der Waals surface area contributed by atoms with Gasteiger partial charge in [0.05, 0.1) is 6.20 Å². The molecule has 0 atom stereocenters. The van der Waals surface area contributed by atoms with E-state index in [1.165, 1.54) is 11.3 Å². The lowest BCUT2D eigenvalue weighted by Gasteiger charge is -2.11. The van der Waals surface area contributed by atoms with Gasteiger partial charge in [0, 0.05) is 25.4 Å². The molecule has 0 saturated heterocycles. The molecular weight excluding hydrogens is 266 g/mol. The molecule has 0 radical (unpaired) electrons. The first kappa shape index (κ1) is 14.5. The van der Waals surface area contributed by atoms with Gasteiger partial charge in [-0.05, 0) is 37.7 Å². The second-order valence-corrected chi connectivity index (χ2v) is 7.38. The van der Waals surface area contributed by atoms with Crippen molar-refractivity contribution >= 4 is 20.9 Å². The van der Waals surface area contributed by atoms with Crippen molar-refractivity contribution in [2.75, 3.05) is 0 Å². The topological polar surface area (TPSA) is 39.4 Å². The zero-order chi connectivity index (χ0) is 14.5. The van der Waals surface area contributed by atoms with Crippen LogP contribution in [0.15, 0.2) is 35.5 Å². The highest BCUT2D eigenvalue weighted by atomic mass is 28.3. The fourth-order valence-corrected chi connectivity index (χ4v) is 2.72. The number of para-hydroxylation sites is 2. The summed E-state index contributed by atoms with van der Waals surface area (Å²) in [5.41, 5.74) is 3.27. The summed E-state index contributed by atoms with van der Waals surface area (Å²) >= 11 is 0. The average molecular weight is 287 g/mol. The van der Waals surface area contributed by atoms with Crippen LogP contribution in [0, 0.1) is 6.92 Å². The Hall–Kier alpha value is -1.88. The highest BCUT2D eigenvalue weighted by Crippen LogP contribution is 2.27. The van der Waals surface area contributed by atoms with Gasteiger partial charge < -0.3 is 4.43 Å². The van der Waals surface area contributed by atoms with Crippen LogP contribution in [0.2, 0.25) is 13.1 Å². The maximum atomic E-state index is 5.89. The lowest BCUT2D eigenvalue weighted by molar-refractivity contribution is 0.582. The van der Waals surface area contributed by atoms with E-state index >= 15 is 0 Å². The van der Waals surface area contributed by atoms with Crippen LogP contribution < -0.4 is 4.43 Å². The SMILES string of the molecule is Cc1cnn(C)c1CC=Nc1ccccc1O[SiH](C)C. The van der Waals surface area contributed by atoms with Gasteiger partial charge in [0.2, 0.25) is 9.04 Å². The molecule has 0 unspecified atom stereocenters. The van der Waals surface area contributed by atoms with E-state index in [1.807, 2.05) is 48.4 Å². The standard InChI is InChI=1S/C15H21N3OSi/c1-12-11-17-18(2)14(12)9-10-16-13-7-5-6-8-15(13)19-20(3)4/h5-8,10-11,20H,9H2,1-4H3. The summed E-state index contributed by atoms with van der Waals surface area (Å²) in [5, 5.41) is 4.23. The van der Waals surface area contributed by atoms with Gasteiger partial charge in [0.1, 0.15) is 11.4 Å². The van der Waals surface area contributed by atoms with Crippen molar-refractivity contribution in [1.29, 1.82) is 0 Å². The van der Waals surface area contributed by atoms with Gasteiger partial charge in [0.25, 0.3) is 0 Å². The summed E-state index contributed by atoms with van der Waals surface area (Å²) in [5.74, 6) is 0.882. The van der Waals surface area contributed by atoms with Crippen molar-refractivity contribution in [2.45, 2.75) is 26.4 Å². The Labute approximate surface area is 121 Å². The predicted molar refractivity (Wildman–Crippen MR) is 85.7 cm³/mol. The number of aromatic nitrogens is 2. The van der Waals surface area contributed by atoms with Crippen molar-refractivity contribution in [3.63, 3.8) is 0 Å². The molecule has 1 heterocycles. The molecule has 106 valence electrons. The summed E-state index contributed by atoms with van der Waals surface area (Å²) in [7, 11) is 0.843. The molecular formula is C15H21N3OSi. The first-order chi connectivity index (χ1) is 9.58. The van der Waals surface area contributed by atoms with Gasteiger partial charge in [0.15, 0.2) is 0 Å². The van der Waals surface area contributed by atoms with E-state index in [9.17, 15) is 0 Å². The Kier molecular flexibility index (Phi) is 4.73. The zero-order valence-electron chi connectivity index (χ0n) is 12.5. The number of aliphatic imine (C=N–C) groups is 1. The smallest absolute Gasteiger partial charge is 0.229 e. The molecule has 0 aliphatic rings. The summed E-state index contributed by atoms with van der Waals surface area (Å²) in [6.07, 6.45) is 4.58. The van der Waals surface area contributed by atoms with Crippen LogP contribution in [0.25, 0.3) is 0 Å². The molecule has 1 aromatic carbocycles. The summed E-state index contributed by atoms with van der Waals surface area (Å²) in [6.45, 7) is 6.37. The Morgan fingerprint density at radius 1 is 1.35 bits per heavy atom. The van der Waals surface area contributed by atoms with Crippen LogP contribution in [-0.4, -0.2) is 25.0 Å². The van der Waals surface area contributed by atoms with Crippen molar-refractivity contribution in [2.24, 2.45) is 12.0 Å². The van der Waals surface area contributed by atoms with E-state index in [0.717, 1.165) is 17.9 Å². The normalized spacial score (nSPS) is 11.4. The third-order valence-corrected chi connectivity index (χ3v) is 3.74. The van der Waals surface area contributed by atoms with E-state index in [4.69, 9.17) is 4.43 Å².